The Balaban J connectivity index is 1.62. The van der Waals surface area contributed by atoms with Crippen LogP contribution in [0.4, 0.5) is 0 Å². The van der Waals surface area contributed by atoms with Crippen LogP contribution in [-0.4, -0.2) is 22.8 Å². The molecule has 0 aromatic heterocycles. The third-order valence-electron chi connectivity index (χ3n) is 7.29. The maximum atomic E-state index is 11.1. The molecule has 7 aliphatic rings. The fraction of sp³-hybridized carbons (Fsp3) is 0.923. The SMILES string of the molecule is O=C(O)C[C@@]12O[C@@H]3[C@@H]4[C@H]5[C@@H]6C[C@@H]([C@@H]5[C@@H]41)[C@@H]2[C@@H]63. The minimum atomic E-state index is -0.645. The van der Waals surface area contributed by atoms with Crippen LogP contribution in [-0.2, 0) is 9.53 Å². The molecule has 1 N–H and O–H groups in total. The number of ether oxygens (including phenoxy) is 1. The molecule has 7 rings (SSSR count). The standard InChI is InChI=1S/C13H14O3/c14-5(15)2-13-10-4-1-3-6-7(4)11(13)9(6)12(16-13)8(3)10/h3-4,6-12H,1-2H2,(H,14,15)/t3-,4-,6-,7-,8+,9+,10+,11-,12-,13-/m0/s1. The lowest BCUT2D eigenvalue weighted by Gasteiger charge is -2.45. The van der Waals surface area contributed by atoms with Crippen LogP contribution in [0, 0.1) is 47.3 Å². The largest absolute Gasteiger partial charge is 0.481 e. The highest BCUT2D eigenvalue weighted by molar-refractivity contribution is 5.69. The van der Waals surface area contributed by atoms with Crippen molar-refractivity contribution in [2.45, 2.75) is 24.5 Å². The van der Waals surface area contributed by atoms with Crippen LogP contribution in [0.2, 0.25) is 0 Å². The molecule has 0 spiro atoms. The van der Waals surface area contributed by atoms with Crippen molar-refractivity contribution in [1.82, 2.24) is 0 Å². The number of aliphatic carboxylic acids is 1. The predicted molar refractivity (Wildman–Crippen MR) is 52.4 cm³/mol. The second-order valence-electron chi connectivity index (χ2n) is 7.03. The van der Waals surface area contributed by atoms with Crippen LogP contribution < -0.4 is 0 Å². The summed E-state index contributed by atoms with van der Waals surface area (Å²) in [5, 5.41) is 9.17. The van der Waals surface area contributed by atoms with Crippen molar-refractivity contribution in [2.75, 3.05) is 0 Å². The maximum absolute atomic E-state index is 11.1. The number of carbonyl (C=O) groups is 1. The van der Waals surface area contributed by atoms with Crippen LogP contribution in [0.3, 0.4) is 0 Å². The summed E-state index contributed by atoms with van der Waals surface area (Å²) in [4.78, 5) is 11.1. The van der Waals surface area contributed by atoms with Gasteiger partial charge in [-0.1, -0.05) is 0 Å². The Labute approximate surface area is 93.2 Å². The van der Waals surface area contributed by atoms with Gasteiger partial charge in [-0.3, -0.25) is 4.79 Å². The molecular formula is C13H14O3. The minimum Gasteiger partial charge on any atom is -0.481 e. The molecule has 16 heavy (non-hydrogen) atoms. The lowest BCUT2D eigenvalue weighted by molar-refractivity contribution is -0.145. The van der Waals surface area contributed by atoms with Gasteiger partial charge in [0.25, 0.3) is 0 Å². The van der Waals surface area contributed by atoms with Crippen molar-refractivity contribution in [3.63, 3.8) is 0 Å². The van der Waals surface area contributed by atoms with Crippen LogP contribution in [0.25, 0.3) is 0 Å². The van der Waals surface area contributed by atoms with E-state index in [0.29, 0.717) is 17.9 Å². The number of hydrogen-bond acceptors (Lipinski definition) is 2. The molecule has 0 amide bonds. The first-order chi connectivity index (χ1) is 7.74. The van der Waals surface area contributed by atoms with Gasteiger partial charge in [0.15, 0.2) is 0 Å². The highest BCUT2D eigenvalue weighted by Gasteiger charge is 2.92. The molecule has 10 atom stereocenters. The zero-order valence-corrected chi connectivity index (χ0v) is 8.87. The van der Waals surface area contributed by atoms with Crippen molar-refractivity contribution in [3.8, 4) is 0 Å². The summed E-state index contributed by atoms with van der Waals surface area (Å²) in [6.07, 6.45) is 2.19. The van der Waals surface area contributed by atoms with Gasteiger partial charge in [-0.15, -0.1) is 0 Å². The second kappa shape index (κ2) is 1.76. The highest BCUT2D eigenvalue weighted by atomic mass is 16.5. The molecule has 3 heteroatoms. The van der Waals surface area contributed by atoms with Gasteiger partial charge in [0.05, 0.1) is 18.1 Å². The molecule has 7 fully saturated rings. The van der Waals surface area contributed by atoms with E-state index < -0.39 is 5.97 Å². The molecular weight excluding hydrogens is 204 g/mol. The summed E-state index contributed by atoms with van der Waals surface area (Å²) in [5.41, 5.74) is -0.192. The first kappa shape index (κ1) is 7.70. The molecule has 5 saturated carbocycles. The molecule has 4 bridgehead atoms. The summed E-state index contributed by atoms with van der Waals surface area (Å²) in [6.45, 7) is 0. The molecule has 2 aliphatic heterocycles. The van der Waals surface area contributed by atoms with E-state index in [1.807, 2.05) is 0 Å². The quantitative estimate of drug-likeness (QED) is 0.751. The normalized spacial score (nSPS) is 77.9. The summed E-state index contributed by atoms with van der Waals surface area (Å²) in [6, 6.07) is 0. The molecule has 0 unspecified atom stereocenters. The highest BCUT2D eigenvalue weighted by Crippen LogP contribution is 2.90. The Kier molecular flexibility index (Phi) is 0.848. The predicted octanol–water partition coefficient (Wildman–Crippen LogP) is 0.986. The van der Waals surface area contributed by atoms with E-state index in [0.717, 1.165) is 35.5 Å². The topological polar surface area (TPSA) is 46.5 Å². The summed E-state index contributed by atoms with van der Waals surface area (Å²) in [7, 11) is 0. The van der Waals surface area contributed by atoms with Crippen molar-refractivity contribution in [2.24, 2.45) is 47.3 Å². The fourth-order valence-corrected chi connectivity index (χ4v) is 7.72. The van der Waals surface area contributed by atoms with E-state index in [-0.39, 0.29) is 12.0 Å². The maximum Gasteiger partial charge on any atom is 0.306 e. The third-order valence-corrected chi connectivity index (χ3v) is 7.29. The van der Waals surface area contributed by atoms with Crippen LogP contribution in [0.1, 0.15) is 12.8 Å². The van der Waals surface area contributed by atoms with Gasteiger partial charge in [0.1, 0.15) is 0 Å². The Hall–Kier alpha value is -0.570. The van der Waals surface area contributed by atoms with E-state index >= 15 is 0 Å². The number of carboxylic acids is 1. The van der Waals surface area contributed by atoms with E-state index in [9.17, 15) is 9.90 Å². The van der Waals surface area contributed by atoms with Crippen molar-refractivity contribution in [1.29, 1.82) is 0 Å². The van der Waals surface area contributed by atoms with E-state index in [1.54, 1.807) is 0 Å². The lowest BCUT2D eigenvalue weighted by Crippen LogP contribution is -2.49. The van der Waals surface area contributed by atoms with E-state index in [2.05, 4.69) is 0 Å². The van der Waals surface area contributed by atoms with Gasteiger partial charge < -0.3 is 9.84 Å². The van der Waals surface area contributed by atoms with E-state index in [1.165, 1.54) is 6.42 Å². The average molecular weight is 218 g/mol. The van der Waals surface area contributed by atoms with Crippen LogP contribution in [0.15, 0.2) is 0 Å². The summed E-state index contributed by atoms with van der Waals surface area (Å²) in [5.74, 6) is 5.83. The van der Waals surface area contributed by atoms with Crippen LogP contribution >= 0.6 is 0 Å². The molecule has 84 valence electrons. The Morgan fingerprint density at radius 2 is 2.06 bits per heavy atom. The zero-order valence-electron chi connectivity index (χ0n) is 8.87. The molecule has 2 saturated heterocycles. The van der Waals surface area contributed by atoms with Crippen molar-refractivity contribution < 1.29 is 14.6 Å². The van der Waals surface area contributed by atoms with Gasteiger partial charge in [-0.05, 0) is 53.8 Å². The zero-order chi connectivity index (χ0) is 10.4. The number of carboxylic acid groups (broad SMARTS) is 1. The molecule has 0 aromatic carbocycles. The number of rotatable bonds is 2. The van der Waals surface area contributed by atoms with Gasteiger partial charge in [0, 0.05) is 0 Å². The first-order valence-electron chi connectivity index (χ1n) is 6.64. The van der Waals surface area contributed by atoms with Gasteiger partial charge in [0.2, 0.25) is 0 Å². The first-order valence-corrected chi connectivity index (χ1v) is 6.64. The minimum absolute atomic E-state index is 0.192. The van der Waals surface area contributed by atoms with Crippen molar-refractivity contribution in [3.05, 3.63) is 0 Å². The monoisotopic (exact) mass is 218 g/mol. The fourth-order valence-electron chi connectivity index (χ4n) is 7.72. The Bertz CT molecular complexity index is 450. The van der Waals surface area contributed by atoms with Gasteiger partial charge in [-0.25, -0.2) is 0 Å². The third kappa shape index (κ3) is 0.430. The van der Waals surface area contributed by atoms with Crippen LogP contribution in [0.5, 0.6) is 0 Å². The number of hydrogen-bond donors (Lipinski definition) is 1. The Morgan fingerprint density at radius 1 is 1.19 bits per heavy atom. The summed E-state index contributed by atoms with van der Waals surface area (Å²) < 4.78 is 6.29. The molecule has 0 aromatic rings. The molecule has 0 radical (unpaired) electrons. The van der Waals surface area contributed by atoms with Gasteiger partial charge >= 0.3 is 5.97 Å². The smallest absolute Gasteiger partial charge is 0.306 e. The Morgan fingerprint density at radius 3 is 2.88 bits per heavy atom. The van der Waals surface area contributed by atoms with Crippen molar-refractivity contribution >= 4 is 5.97 Å². The molecule has 5 aliphatic carbocycles. The van der Waals surface area contributed by atoms with E-state index in [4.69, 9.17) is 4.74 Å². The lowest BCUT2D eigenvalue weighted by atomic mass is 9.57. The summed E-state index contributed by atoms with van der Waals surface area (Å²) >= 11 is 0. The molecule has 2 heterocycles. The average Bonchev–Trinajstić information content (AvgIpc) is 2.73. The molecule has 3 nitrogen and oxygen atoms in total. The van der Waals surface area contributed by atoms with Gasteiger partial charge in [-0.2, -0.15) is 0 Å². The second-order valence-corrected chi connectivity index (χ2v) is 7.03.